The summed E-state index contributed by atoms with van der Waals surface area (Å²) >= 11 is 0. The Morgan fingerprint density at radius 2 is 1.91 bits per heavy atom. The molecule has 0 spiro atoms. The molecule has 5 atom stereocenters. The van der Waals surface area contributed by atoms with Gasteiger partial charge < -0.3 is 24.4 Å². The summed E-state index contributed by atoms with van der Waals surface area (Å²) in [5, 5.41) is 20.7. The van der Waals surface area contributed by atoms with Gasteiger partial charge in [-0.3, -0.25) is 14.3 Å². The van der Waals surface area contributed by atoms with Crippen LogP contribution in [-0.4, -0.2) is 89.1 Å². The molecule has 186 valence electrons. The first-order valence-electron chi connectivity index (χ1n) is 9.46. The standard InChI is InChI=1S/C18H24F3N2O9P/c1-30-15(27)12(32-16(28)18(19,20)21)8-7-23(17(29)22-13(8)26)14-11(25)10(24)9(31-14)5-6-33(2,3)4/h7,9-12,14,24-25H,2,5-6H2,1,3-4H3,(H,22,26,29)/t9-,10-,11-,12?,14?/m1/s1. The number of carbonyl (C=O) groups is 2. The summed E-state index contributed by atoms with van der Waals surface area (Å²) in [5.74, 6) is -4.31. The Balaban J connectivity index is 2.45. The highest BCUT2D eigenvalue weighted by Crippen LogP contribution is 2.39. The van der Waals surface area contributed by atoms with Crippen molar-refractivity contribution in [2.45, 2.75) is 43.2 Å². The molecule has 1 fully saturated rings. The van der Waals surface area contributed by atoms with Crippen molar-refractivity contribution in [2.24, 2.45) is 0 Å². The molecule has 15 heteroatoms. The number of nitrogens with one attached hydrogen (secondary N) is 1. The van der Waals surface area contributed by atoms with Gasteiger partial charge in [-0.05, 0) is 25.9 Å². The van der Waals surface area contributed by atoms with Gasteiger partial charge in [-0.15, -0.1) is 13.2 Å². The number of carbonyl (C=O) groups excluding carboxylic acids is 2. The normalized spacial score (nSPS) is 24.4. The second kappa shape index (κ2) is 9.84. The number of aliphatic hydroxyl groups is 2. The minimum absolute atomic E-state index is 0.290. The summed E-state index contributed by atoms with van der Waals surface area (Å²) in [6, 6.07) is 0. The predicted octanol–water partition coefficient (Wildman–Crippen LogP) is -0.425. The van der Waals surface area contributed by atoms with E-state index in [0.717, 1.165) is 7.11 Å². The number of nitrogens with zero attached hydrogens (tertiary/aromatic N) is 1. The van der Waals surface area contributed by atoms with Crippen molar-refractivity contribution < 1.29 is 47.2 Å². The molecular formula is C18H24F3N2O9P. The monoisotopic (exact) mass is 500 g/mol. The van der Waals surface area contributed by atoms with Gasteiger partial charge >= 0.3 is 23.8 Å². The van der Waals surface area contributed by atoms with Gasteiger partial charge in [0.15, 0.2) is 6.23 Å². The van der Waals surface area contributed by atoms with Crippen LogP contribution in [-0.2, 0) is 23.8 Å². The first-order chi connectivity index (χ1) is 15.1. The number of rotatable bonds is 7. The van der Waals surface area contributed by atoms with Crippen molar-refractivity contribution in [1.29, 1.82) is 0 Å². The fourth-order valence-electron chi connectivity index (χ4n) is 3.07. The maximum Gasteiger partial charge on any atom is 0.490 e. The number of esters is 2. The Bertz CT molecular complexity index is 1060. The molecule has 0 aromatic carbocycles. The van der Waals surface area contributed by atoms with Crippen LogP contribution in [0.1, 0.15) is 24.3 Å². The summed E-state index contributed by atoms with van der Waals surface area (Å²) in [7, 11) is 0.776. The second-order valence-corrected chi connectivity index (χ2v) is 12.4. The largest absolute Gasteiger partial charge is 0.490 e. The van der Waals surface area contributed by atoms with Crippen molar-refractivity contribution in [3.8, 4) is 0 Å². The van der Waals surface area contributed by atoms with Crippen LogP contribution in [0, 0.1) is 0 Å². The Morgan fingerprint density at radius 1 is 1.30 bits per heavy atom. The van der Waals surface area contributed by atoms with Crippen molar-refractivity contribution >= 4 is 25.1 Å². The number of H-pyrrole nitrogens is 1. The number of aliphatic hydroxyl groups excluding tert-OH is 2. The minimum atomic E-state index is -5.49. The van der Waals surface area contributed by atoms with Gasteiger partial charge in [-0.2, -0.15) is 13.2 Å². The van der Waals surface area contributed by atoms with Crippen molar-refractivity contribution in [2.75, 3.05) is 26.6 Å². The highest BCUT2D eigenvalue weighted by Gasteiger charge is 2.46. The number of hydrogen-bond donors (Lipinski definition) is 3. The van der Waals surface area contributed by atoms with Crippen LogP contribution >= 0.6 is 6.89 Å². The number of hydrogen-bond acceptors (Lipinski definition) is 9. The summed E-state index contributed by atoms with van der Waals surface area (Å²) in [4.78, 5) is 49.5. The lowest BCUT2D eigenvalue weighted by Crippen LogP contribution is -2.41. The molecule has 0 radical (unpaired) electrons. The lowest BCUT2D eigenvalue weighted by Gasteiger charge is -2.21. The molecule has 1 aliphatic rings. The molecule has 0 amide bonds. The van der Waals surface area contributed by atoms with Crippen LogP contribution in [0.5, 0.6) is 0 Å². The zero-order valence-electron chi connectivity index (χ0n) is 17.9. The Labute approximate surface area is 185 Å². The summed E-state index contributed by atoms with van der Waals surface area (Å²) in [6.07, 6.45) is -8.02. The smallest absolute Gasteiger partial charge is 0.466 e. The van der Waals surface area contributed by atoms with Crippen molar-refractivity contribution in [3.05, 3.63) is 32.6 Å². The van der Waals surface area contributed by atoms with E-state index in [-0.39, 0.29) is 6.42 Å². The van der Waals surface area contributed by atoms with Gasteiger partial charge in [0.05, 0.1) is 18.8 Å². The molecule has 1 aliphatic heterocycles. The van der Waals surface area contributed by atoms with Crippen LogP contribution in [0.15, 0.2) is 15.8 Å². The highest BCUT2D eigenvalue weighted by molar-refractivity contribution is 7.72. The van der Waals surface area contributed by atoms with E-state index >= 15 is 0 Å². The van der Waals surface area contributed by atoms with E-state index in [1.807, 2.05) is 13.3 Å². The third-order valence-corrected chi connectivity index (χ3v) is 6.25. The molecule has 0 bridgehead atoms. The van der Waals surface area contributed by atoms with E-state index in [2.05, 4.69) is 15.8 Å². The van der Waals surface area contributed by atoms with Crippen molar-refractivity contribution in [3.63, 3.8) is 0 Å². The first kappa shape index (κ1) is 26.8. The van der Waals surface area contributed by atoms with E-state index in [1.54, 1.807) is 4.98 Å². The number of ether oxygens (including phenoxy) is 3. The van der Waals surface area contributed by atoms with Gasteiger partial charge in [0.2, 0.25) is 6.10 Å². The average Bonchev–Trinajstić information content (AvgIpc) is 2.97. The summed E-state index contributed by atoms with van der Waals surface area (Å²) in [5.41, 5.74) is -3.39. The maximum absolute atomic E-state index is 12.6. The summed E-state index contributed by atoms with van der Waals surface area (Å²) in [6.45, 7) is 2.37. The zero-order chi connectivity index (χ0) is 25.3. The molecule has 2 unspecified atom stereocenters. The lowest BCUT2D eigenvalue weighted by molar-refractivity contribution is -0.208. The SMILES string of the molecule is C=P(C)(C)CC[C@H]1OC(n2cc(C(OC(=O)C(F)(F)F)C(=O)OC)c(=O)[nH]c2=O)[C@H](O)[C@@H]1O. The number of methoxy groups -OCH3 is 1. The van der Waals surface area contributed by atoms with E-state index in [0.29, 0.717) is 16.9 Å². The van der Waals surface area contributed by atoms with Gasteiger partial charge in [-0.25, -0.2) is 14.4 Å². The fourth-order valence-corrected chi connectivity index (χ4v) is 4.02. The molecule has 33 heavy (non-hydrogen) atoms. The topological polar surface area (TPSA) is 157 Å². The molecular weight excluding hydrogens is 476 g/mol. The van der Waals surface area contributed by atoms with E-state index < -0.39 is 72.5 Å². The molecule has 2 heterocycles. The van der Waals surface area contributed by atoms with Gasteiger partial charge in [0, 0.05) is 6.20 Å². The Hall–Kier alpha value is -2.41. The lowest BCUT2D eigenvalue weighted by atomic mass is 10.1. The maximum atomic E-state index is 12.6. The molecule has 2 rings (SSSR count). The minimum Gasteiger partial charge on any atom is -0.466 e. The quantitative estimate of drug-likeness (QED) is 0.334. The van der Waals surface area contributed by atoms with E-state index in [9.17, 15) is 42.6 Å². The third-order valence-electron chi connectivity index (χ3n) is 4.78. The Kier molecular flexibility index (Phi) is 8.00. The second-order valence-electron chi connectivity index (χ2n) is 8.05. The van der Waals surface area contributed by atoms with Crippen LogP contribution in [0.4, 0.5) is 13.2 Å². The van der Waals surface area contributed by atoms with Crippen LogP contribution in [0.2, 0.25) is 0 Å². The van der Waals surface area contributed by atoms with Crippen molar-refractivity contribution in [1.82, 2.24) is 9.55 Å². The van der Waals surface area contributed by atoms with Gasteiger partial charge in [0.25, 0.3) is 5.56 Å². The predicted molar refractivity (Wildman–Crippen MR) is 110 cm³/mol. The molecule has 3 N–H and O–H groups in total. The Morgan fingerprint density at radius 3 is 2.42 bits per heavy atom. The molecule has 0 aliphatic carbocycles. The molecule has 1 saturated heterocycles. The van der Waals surface area contributed by atoms with E-state index in [4.69, 9.17) is 4.74 Å². The zero-order valence-corrected chi connectivity index (χ0v) is 18.8. The number of halogens is 3. The first-order valence-corrected chi connectivity index (χ1v) is 12.5. The van der Waals surface area contributed by atoms with Crippen LogP contribution < -0.4 is 11.2 Å². The molecule has 1 aromatic rings. The third kappa shape index (κ3) is 6.34. The number of aromatic amines is 1. The van der Waals surface area contributed by atoms with Crippen LogP contribution in [0.3, 0.4) is 0 Å². The van der Waals surface area contributed by atoms with Gasteiger partial charge in [-0.1, -0.05) is 0 Å². The average molecular weight is 500 g/mol. The number of alkyl halides is 3. The molecule has 1 aromatic heterocycles. The van der Waals surface area contributed by atoms with Gasteiger partial charge in [0.1, 0.15) is 12.2 Å². The molecule has 11 nitrogen and oxygen atoms in total. The number of aromatic nitrogens is 2. The fraction of sp³-hybridized carbons (Fsp3) is 0.611. The summed E-state index contributed by atoms with van der Waals surface area (Å²) < 4.78 is 52.4. The van der Waals surface area contributed by atoms with Crippen LogP contribution in [0.25, 0.3) is 0 Å². The highest BCUT2D eigenvalue weighted by atomic mass is 31.2. The van der Waals surface area contributed by atoms with E-state index in [1.165, 1.54) is 0 Å². The molecule has 0 saturated carbocycles.